The van der Waals surface area contributed by atoms with Crippen LogP contribution in [0.5, 0.6) is 0 Å². The summed E-state index contributed by atoms with van der Waals surface area (Å²) in [7, 11) is 0. The predicted octanol–water partition coefficient (Wildman–Crippen LogP) is 3.07. The van der Waals surface area contributed by atoms with Gasteiger partial charge in [0.2, 0.25) is 0 Å². The first-order valence-corrected chi connectivity index (χ1v) is 7.45. The number of hydrogen-bond donors (Lipinski definition) is 2. The van der Waals surface area contributed by atoms with Gasteiger partial charge in [0.15, 0.2) is 0 Å². The molecule has 0 amide bonds. The van der Waals surface area contributed by atoms with Crippen molar-refractivity contribution < 1.29 is 4.39 Å². The normalized spacial score (nSPS) is 18.9. The first kappa shape index (κ1) is 14.4. The Morgan fingerprint density at radius 1 is 1.52 bits per heavy atom. The molecule has 112 valence electrons. The Labute approximate surface area is 128 Å². The smallest absolute Gasteiger partial charge is 0.141 e. The summed E-state index contributed by atoms with van der Waals surface area (Å²) in [4.78, 5) is 0. The number of benzene rings is 1. The van der Waals surface area contributed by atoms with Crippen molar-refractivity contribution in [3.63, 3.8) is 0 Å². The molecule has 1 aromatic heterocycles. The maximum absolute atomic E-state index is 13.2. The summed E-state index contributed by atoms with van der Waals surface area (Å²) in [5, 5.41) is 11.3. The molecule has 2 N–H and O–H groups in total. The highest BCUT2D eigenvalue weighted by Crippen LogP contribution is 2.21. The standard InChI is InChI=1S/C15H18ClFN4/c1-10(12-2-3-14(17)13(16)6-12)18-7-11-8-19-15-4-5-20-21(15)9-11/h2-6,10-11,18-19H,7-9H2,1H3. The molecule has 2 aromatic rings. The second-order valence-electron chi connectivity index (χ2n) is 5.45. The summed E-state index contributed by atoms with van der Waals surface area (Å²) in [6.45, 7) is 4.75. The predicted molar refractivity (Wildman–Crippen MR) is 82.0 cm³/mol. The Morgan fingerprint density at radius 3 is 3.19 bits per heavy atom. The molecule has 4 nitrogen and oxygen atoms in total. The van der Waals surface area contributed by atoms with E-state index in [9.17, 15) is 4.39 Å². The van der Waals surface area contributed by atoms with E-state index in [2.05, 4.69) is 22.7 Å². The van der Waals surface area contributed by atoms with Gasteiger partial charge in [-0.25, -0.2) is 9.07 Å². The van der Waals surface area contributed by atoms with E-state index in [4.69, 9.17) is 11.6 Å². The van der Waals surface area contributed by atoms with E-state index >= 15 is 0 Å². The number of aromatic nitrogens is 2. The fourth-order valence-electron chi connectivity index (χ4n) is 2.57. The van der Waals surface area contributed by atoms with E-state index in [1.807, 2.05) is 10.7 Å². The second kappa shape index (κ2) is 6.03. The number of rotatable bonds is 4. The Kier molecular flexibility index (Phi) is 4.12. The highest BCUT2D eigenvalue weighted by Gasteiger charge is 2.19. The van der Waals surface area contributed by atoms with Crippen LogP contribution in [0.25, 0.3) is 0 Å². The molecule has 0 saturated carbocycles. The van der Waals surface area contributed by atoms with E-state index in [-0.39, 0.29) is 16.9 Å². The molecule has 2 heterocycles. The zero-order chi connectivity index (χ0) is 14.8. The van der Waals surface area contributed by atoms with Crippen LogP contribution in [0.3, 0.4) is 0 Å². The SMILES string of the molecule is CC(NCC1CNc2ccnn2C1)c1ccc(F)c(Cl)c1. The maximum Gasteiger partial charge on any atom is 0.141 e. The maximum atomic E-state index is 13.2. The molecule has 6 heteroatoms. The average molecular weight is 309 g/mol. The third-order valence-electron chi connectivity index (χ3n) is 3.88. The van der Waals surface area contributed by atoms with Gasteiger partial charge in [-0.15, -0.1) is 0 Å². The number of fused-ring (bicyclic) bond motifs is 1. The molecular weight excluding hydrogens is 291 g/mol. The van der Waals surface area contributed by atoms with E-state index in [1.54, 1.807) is 18.3 Å². The summed E-state index contributed by atoms with van der Waals surface area (Å²) >= 11 is 5.83. The van der Waals surface area contributed by atoms with Gasteiger partial charge in [-0.2, -0.15) is 5.10 Å². The van der Waals surface area contributed by atoms with Crippen molar-refractivity contribution in [2.75, 3.05) is 18.4 Å². The summed E-state index contributed by atoms with van der Waals surface area (Å²) in [5.41, 5.74) is 0.991. The van der Waals surface area contributed by atoms with E-state index < -0.39 is 0 Å². The van der Waals surface area contributed by atoms with Crippen molar-refractivity contribution in [1.82, 2.24) is 15.1 Å². The minimum absolute atomic E-state index is 0.127. The fourth-order valence-corrected chi connectivity index (χ4v) is 2.76. The number of nitrogens with zero attached hydrogens (tertiary/aromatic N) is 2. The van der Waals surface area contributed by atoms with Gasteiger partial charge in [0.05, 0.1) is 11.2 Å². The zero-order valence-electron chi connectivity index (χ0n) is 11.8. The molecule has 0 saturated heterocycles. The second-order valence-corrected chi connectivity index (χ2v) is 5.86. The molecule has 1 aliphatic rings. The van der Waals surface area contributed by atoms with E-state index in [0.717, 1.165) is 31.0 Å². The summed E-state index contributed by atoms with van der Waals surface area (Å²) in [6.07, 6.45) is 1.81. The Bertz CT molecular complexity index is 628. The highest BCUT2D eigenvalue weighted by molar-refractivity contribution is 6.30. The number of halogens is 2. The summed E-state index contributed by atoms with van der Waals surface area (Å²) in [5.74, 6) is 1.16. The Hall–Kier alpha value is -1.59. The van der Waals surface area contributed by atoms with Crippen LogP contribution >= 0.6 is 11.6 Å². The lowest BCUT2D eigenvalue weighted by molar-refractivity contribution is 0.376. The Balaban J connectivity index is 1.56. The van der Waals surface area contributed by atoms with Gasteiger partial charge in [-0.05, 0) is 24.6 Å². The molecule has 2 atom stereocenters. The quantitative estimate of drug-likeness (QED) is 0.912. The van der Waals surface area contributed by atoms with Crippen LogP contribution in [0.2, 0.25) is 5.02 Å². The minimum atomic E-state index is -0.379. The summed E-state index contributed by atoms with van der Waals surface area (Å²) < 4.78 is 15.2. The first-order valence-electron chi connectivity index (χ1n) is 7.07. The van der Waals surface area contributed by atoms with Crippen LogP contribution in [-0.4, -0.2) is 22.9 Å². The van der Waals surface area contributed by atoms with Gasteiger partial charge >= 0.3 is 0 Å². The lowest BCUT2D eigenvalue weighted by Crippen LogP contribution is -2.36. The lowest BCUT2D eigenvalue weighted by Gasteiger charge is -2.26. The van der Waals surface area contributed by atoms with Gasteiger partial charge in [0, 0.05) is 37.7 Å². The average Bonchev–Trinajstić information content (AvgIpc) is 2.95. The van der Waals surface area contributed by atoms with Gasteiger partial charge < -0.3 is 10.6 Å². The lowest BCUT2D eigenvalue weighted by atomic mass is 10.1. The third-order valence-corrected chi connectivity index (χ3v) is 4.17. The molecule has 0 aliphatic carbocycles. The molecule has 3 rings (SSSR count). The third kappa shape index (κ3) is 3.19. The molecule has 0 spiro atoms. The molecule has 0 fully saturated rings. The van der Waals surface area contributed by atoms with Crippen LogP contribution in [-0.2, 0) is 6.54 Å². The molecule has 0 radical (unpaired) electrons. The zero-order valence-corrected chi connectivity index (χ0v) is 12.6. The highest BCUT2D eigenvalue weighted by atomic mass is 35.5. The van der Waals surface area contributed by atoms with Crippen LogP contribution < -0.4 is 10.6 Å². The van der Waals surface area contributed by atoms with Crippen LogP contribution in [0.1, 0.15) is 18.5 Å². The van der Waals surface area contributed by atoms with E-state index in [0.29, 0.717) is 5.92 Å². The van der Waals surface area contributed by atoms with Crippen molar-refractivity contribution >= 4 is 17.4 Å². The monoisotopic (exact) mass is 308 g/mol. The van der Waals surface area contributed by atoms with Crippen molar-refractivity contribution in [3.05, 3.63) is 46.9 Å². The largest absolute Gasteiger partial charge is 0.370 e. The van der Waals surface area contributed by atoms with Gasteiger partial charge in [-0.3, -0.25) is 0 Å². The molecule has 1 aliphatic heterocycles. The fraction of sp³-hybridized carbons (Fsp3) is 0.400. The van der Waals surface area contributed by atoms with Crippen LogP contribution in [0.4, 0.5) is 10.2 Å². The van der Waals surface area contributed by atoms with Crippen molar-refractivity contribution in [1.29, 1.82) is 0 Å². The van der Waals surface area contributed by atoms with Crippen LogP contribution in [0.15, 0.2) is 30.5 Å². The van der Waals surface area contributed by atoms with Gasteiger partial charge in [-0.1, -0.05) is 17.7 Å². The van der Waals surface area contributed by atoms with Crippen molar-refractivity contribution in [3.8, 4) is 0 Å². The number of nitrogens with one attached hydrogen (secondary N) is 2. The summed E-state index contributed by atoms with van der Waals surface area (Å²) in [6, 6.07) is 6.96. The molecule has 1 aromatic carbocycles. The molecular formula is C15H18ClFN4. The minimum Gasteiger partial charge on any atom is -0.370 e. The van der Waals surface area contributed by atoms with E-state index in [1.165, 1.54) is 6.07 Å². The molecule has 2 unspecified atom stereocenters. The van der Waals surface area contributed by atoms with Gasteiger partial charge in [0.25, 0.3) is 0 Å². The number of hydrogen-bond acceptors (Lipinski definition) is 3. The molecule has 0 bridgehead atoms. The topological polar surface area (TPSA) is 41.9 Å². The van der Waals surface area contributed by atoms with Gasteiger partial charge in [0.1, 0.15) is 11.6 Å². The Morgan fingerprint density at radius 2 is 2.38 bits per heavy atom. The first-order chi connectivity index (χ1) is 10.1. The van der Waals surface area contributed by atoms with Crippen molar-refractivity contribution in [2.45, 2.75) is 19.5 Å². The number of anilines is 1. The van der Waals surface area contributed by atoms with Crippen molar-refractivity contribution in [2.24, 2.45) is 5.92 Å². The van der Waals surface area contributed by atoms with Crippen LogP contribution in [0, 0.1) is 11.7 Å². The molecule has 21 heavy (non-hydrogen) atoms.